The van der Waals surface area contributed by atoms with E-state index in [2.05, 4.69) is 0 Å². The average Bonchev–Trinajstić information content (AvgIpc) is 2.45. The third kappa shape index (κ3) is 3.11. The van der Waals surface area contributed by atoms with Crippen molar-refractivity contribution in [3.05, 3.63) is 70.1 Å². The molecule has 21 heavy (non-hydrogen) atoms. The number of thioether (sulfide) groups is 1. The fourth-order valence-corrected chi connectivity index (χ4v) is 3.07. The smallest absolute Gasteiger partial charge is 0.336 e. The monoisotopic (exact) mass is 297 g/mol. The Morgan fingerprint density at radius 1 is 1.10 bits per heavy atom. The summed E-state index contributed by atoms with van der Waals surface area (Å²) >= 11 is 1.67. The normalized spacial score (nSPS) is 10.9. The van der Waals surface area contributed by atoms with Gasteiger partial charge in [-0.3, -0.25) is 0 Å². The fourth-order valence-electron chi connectivity index (χ4n) is 2.18. The number of rotatable bonds is 3. The van der Waals surface area contributed by atoms with Crippen LogP contribution in [-0.4, -0.2) is 0 Å². The molecule has 1 heterocycles. The molecule has 0 amide bonds. The second-order valence-electron chi connectivity index (χ2n) is 4.95. The molecule has 3 rings (SSSR count). The van der Waals surface area contributed by atoms with Crippen molar-refractivity contribution < 1.29 is 4.42 Å². The largest absolute Gasteiger partial charge is 0.423 e. The van der Waals surface area contributed by atoms with E-state index in [1.165, 1.54) is 0 Å². The second kappa shape index (κ2) is 5.66. The summed E-state index contributed by atoms with van der Waals surface area (Å²) in [6.07, 6.45) is 0. The van der Waals surface area contributed by atoms with Crippen LogP contribution >= 0.6 is 11.8 Å². The zero-order valence-corrected chi connectivity index (χ0v) is 12.4. The van der Waals surface area contributed by atoms with Crippen molar-refractivity contribution in [1.29, 1.82) is 0 Å². The highest BCUT2D eigenvalue weighted by molar-refractivity contribution is 7.98. The van der Waals surface area contributed by atoms with Gasteiger partial charge in [0.05, 0.1) is 0 Å². The maximum atomic E-state index is 11.7. The predicted octanol–water partition coefficient (Wildman–Crippen LogP) is 3.98. The van der Waals surface area contributed by atoms with Crippen molar-refractivity contribution in [2.75, 3.05) is 5.73 Å². The highest BCUT2D eigenvalue weighted by atomic mass is 32.2. The van der Waals surface area contributed by atoms with Crippen LogP contribution in [0.15, 0.2) is 62.6 Å². The van der Waals surface area contributed by atoms with E-state index in [1.54, 1.807) is 17.8 Å². The van der Waals surface area contributed by atoms with Gasteiger partial charge in [0.15, 0.2) is 0 Å². The van der Waals surface area contributed by atoms with E-state index in [0.29, 0.717) is 5.58 Å². The SMILES string of the molecule is Cc1ccc2c(CSc3ccc(N)cc3)cc(=O)oc2c1. The minimum Gasteiger partial charge on any atom is -0.423 e. The Morgan fingerprint density at radius 3 is 2.62 bits per heavy atom. The van der Waals surface area contributed by atoms with Crippen LogP contribution in [-0.2, 0) is 5.75 Å². The number of nitrogens with two attached hydrogens (primary N) is 1. The van der Waals surface area contributed by atoms with Crippen LogP contribution in [0.4, 0.5) is 5.69 Å². The van der Waals surface area contributed by atoms with Crippen molar-refractivity contribution >= 4 is 28.4 Å². The summed E-state index contributed by atoms with van der Waals surface area (Å²) in [7, 11) is 0. The Hall–Kier alpha value is -2.20. The Labute approximate surface area is 126 Å². The summed E-state index contributed by atoms with van der Waals surface area (Å²) in [5.41, 5.74) is 8.84. The lowest BCUT2D eigenvalue weighted by Gasteiger charge is -2.06. The lowest BCUT2D eigenvalue weighted by Crippen LogP contribution is -2.00. The van der Waals surface area contributed by atoms with E-state index in [-0.39, 0.29) is 5.63 Å². The zero-order chi connectivity index (χ0) is 14.8. The highest BCUT2D eigenvalue weighted by Crippen LogP contribution is 2.27. The molecule has 0 unspecified atom stereocenters. The van der Waals surface area contributed by atoms with Gasteiger partial charge in [0, 0.05) is 27.8 Å². The van der Waals surface area contributed by atoms with Crippen molar-refractivity contribution in [2.24, 2.45) is 0 Å². The van der Waals surface area contributed by atoms with Crippen LogP contribution in [0.1, 0.15) is 11.1 Å². The molecule has 106 valence electrons. The van der Waals surface area contributed by atoms with Crippen LogP contribution in [0.25, 0.3) is 11.0 Å². The van der Waals surface area contributed by atoms with Crippen LogP contribution in [0.2, 0.25) is 0 Å². The zero-order valence-electron chi connectivity index (χ0n) is 11.6. The summed E-state index contributed by atoms with van der Waals surface area (Å²) in [6, 6.07) is 15.2. The molecule has 2 N–H and O–H groups in total. The van der Waals surface area contributed by atoms with E-state index in [1.807, 2.05) is 49.4 Å². The third-order valence-electron chi connectivity index (χ3n) is 3.26. The molecule has 0 radical (unpaired) electrons. The van der Waals surface area contributed by atoms with Crippen molar-refractivity contribution in [3.8, 4) is 0 Å². The Kier molecular flexibility index (Phi) is 3.71. The topological polar surface area (TPSA) is 56.2 Å². The van der Waals surface area contributed by atoms with E-state index >= 15 is 0 Å². The molecule has 4 heteroatoms. The lowest BCUT2D eigenvalue weighted by molar-refractivity contribution is 0.559. The third-order valence-corrected chi connectivity index (χ3v) is 4.32. The van der Waals surface area contributed by atoms with Crippen LogP contribution in [0.3, 0.4) is 0 Å². The first-order valence-corrected chi connectivity index (χ1v) is 7.62. The summed E-state index contributed by atoms with van der Waals surface area (Å²) in [4.78, 5) is 12.8. The van der Waals surface area contributed by atoms with Crippen molar-refractivity contribution in [1.82, 2.24) is 0 Å². The summed E-state index contributed by atoms with van der Waals surface area (Å²) in [5.74, 6) is 0.717. The van der Waals surface area contributed by atoms with E-state index in [0.717, 1.165) is 32.8 Å². The second-order valence-corrected chi connectivity index (χ2v) is 6.00. The minimum absolute atomic E-state index is 0.305. The van der Waals surface area contributed by atoms with Crippen LogP contribution in [0.5, 0.6) is 0 Å². The number of aryl methyl sites for hydroxylation is 1. The van der Waals surface area contributed by atoms with Gasteiger partial charge in [0.2, 0.25) is 0 Å². The van der Waals surface area contributed by atoms with Gasteiger partial charge in [-0.05, 0) is 48.4 Å². The van der Waals surface area contributed by atoms with Crippen LogP contribution < -0.4 is 11.4 Å². The molecule has 0 fully saturated rings. The molecule has 0 aliphatic rings. The van der Waals surface area contributed by atoms with E-state index < -0.39 is 0 Å². The number of fused-ring (bicyclic) bond motifs is 1. The first kappa shape index (κ1) is 13.8. The van der Waals surface area contributed by atoms with Gasteiger partial charge in [-0.15, -0.1) is 11.8 Å². The summed E-state index contributed by atoms with van der Waals surface area (Å²) in [6.45, 7) is 1.98. The standard InChI is InChI=1S/C17H15NO2S/c1-11-2-7-15-12(9-17(19)20-16(15)8-11)10-21-14-5-3-13(18)4-6-14/h2-9H,10,18H2,1H3. The quantitative estimate of drug-likeness (QED) is 0.451. The van der Waals surface area contributed by atoms with Gasteiger partial charge >= 0.3 is 5.63 Å². The Balaban J connectivity index is 1.93. The van der Waals surface area contributed by atoms with E-state index in [9.17, 15) is 4.79 Å². The molecule has 1 aromatic heterocycles. The van der Waals surface area contributed by atoms with Crippen LogP contribution in [0, 0.1) is 6.92 Å². The first-order valence-electron chi connectivity index (χ1n) is 6.63. The number of hydrogen-bond donors (Lipinski definition) is 1. The fraction of sp³-hybridized carbons (Fsp3) is 0.118. The van der Waals surface area contributed by atoms with Crippen molar-refractivity contribution in [3.63, 3.8) is 0 Å². The molecule has 3 aromatic rings. The van der Waals surface area contributed by atoms with Gasteiger partial charge in [0.1, 0.15) is 5.58 Å². The number of nitrogen functional groups attached to an aromatic ring is 1. The highest BCUT2D eigenvalue weighted by Gasteiger charge is 2.06. The Bertz CT molecular complexity index is 838. The molecule has 0 saturated heterocycles. The lowest BCUT2D eigenvalue weighted by atomic mass is 10.1. The van der Waals surface area contributed by atoms with E-state index in [4.69, 9.17) is 10.2 Å². The molecule has 0 bridgehead atoms. The molecule has 0 aliphatic carbocycles. The maximum absolute atomic E-state index is 11.7. The molecule has 0 saturated carbocycles. The predicted molar refractivity (Wildman–Crippen MR) is 87.6 cm³/mol. The first-order chi connectivity index (χ1) is 10.1. The number of anilines is 1. The molecular formula is C17H15NO2S. The van der Waals surface area contributed by atoms with Gasteiger partial charge in [-0.2, -0.15) is 0 Å². The van der Waals surface area contributed by atoms with Crippen molar-refractivity contribution in [2.45, 2.75) is 17.6 Å². The number of benzene rings is 2. The molecule has 0 aliphatic heterocycles. The average molecular weight is 297 g/mol. The van der Waals surface area contributed by atoms with Gasteiger partial charge < -0.3 is 10.2 Å². The number of hydrogen-bond acceptors (Lipinski definition) is 4. The molecule has 0 atom stereocenters. The van der Waals surface area contributed by atoms with Gasteiger partial charge in [-0.1, -0.05) is 12.1 Å². The molecule has 2 aromatic carbocycles. The molecule has 3 nitrogen and oxygen atoms in total. The molecular weight excluding hydrogens is 282 g/mol. The van der Waals surface area contributed by atoms with Gasteiger partial charge in [0.25, 0.3) is 0 Å². The maximum Gasteiger partial charge on any atom is 0.336 e. The summed E-state index contributed by atoms with van der Waals surface area (Å²) < 4.78 is 5.27. The Morgan fingerprint density at radius 2 is 1.86 bits per heavy atom. The molecule has 0 spiro atoms. The summed E-state index contributed by atoms with van der Waals surface area (Å²) in [5, 5.41) is 0.989. The minimum atomic E-state index is -0.305. The van der Waals surface area contributed by atoms with Gasteiger partial charge in [-0.25, -0.2) is 4.79 Å².